The minimum atomic E-state index is -0.355. The molecule has 1 saturated heterocycles. The molecule has 0 aromatic carbocycles. The molecule has 1 aliphatic heterocycles. The number of hydrogen-bond acceptors (Lipinski definition) is 3. The molecule has 5 nitrogen and oxygen atoms in total. The monoisotopic (exact) mass is 229 g/mol. The Bertz CT molecular complexity index is 239. The molecule has 1 rings (SSSR count). The highest BCUT2D eigenvalue weighted by molar-refractivity contribution is 5.74. The maximum absolute atomic E-state index is 11.8. The van der Waals surface area contributed by atoms with Crippen LogP contribution in [-0.4, -0.2) is 48.8 Å². The zero-order valence-electron chi connectivity index (χ0n) is 10.5. The number of carbonyl (C=O) groups excluding carboxylic acids is 1. The van der Waals surface area contributed by atoms with Crippen molar-refractivity contribution < 1.29 is 9.53 Å². The van der Waals surface area contributed by atoms with Gasteiger partial charge >= 0.3 is 6.03 Å². The van der Waals surface area contributed by atoms with Crippen LogP contribution in [0.4, 0.5) is 4.79 Å². The van der Waals surface area contributed by atoms with Crippen LogP contribution >= 0.6 is 0 Å². The van der Waals surface area contributed by atoms with Crippen molar-refractivity contribution in [3.63, 3.8) is 0 Å². The number of ether oxygens (including phenoxy) is 1. The smallest absolute Gasteiger partial charge is 0.317 e. The third-order valence-electron chi connectivity index (χ3n) is 2.96. The van der Waals surface area contributed by atoms with Crippen LogP contribution in [0.15, 0.2) is 0 Å². The van der Waals surface area contributed by atoms with Crippen molar-refractivity contribution in [3.05, 3.63) is 0 Å². The van der Waals surface area contributed by atoms with Crippen LogP contribution in [0.3, 0.4) is 0 Å². The number of morpholine rings is 1. The molecule has 1 fully saturated rings. The van der Waals surface area contributed by atoms with Crippen LogP contribution in [0.1, 0.15) is 27.2 Å². The lowest BCUT2D eigenvalue weighted by atomic mass is 9.98. The number of amides is 2. The highest BCUT2D eigenvalue weighted by atomic mass is 16.5. The van der Waals surface area contributed by atoms with Gasteiger partial charge in [-0.05, 0) is 20.3 Å². The fourth-order valence-electron chi connectivity index (χ4n) is 1.84. The molecule has 0 aliphatic carbocycles. The second-order valence-corrected chi connectivity index (χ2v) is 4.61. The summed E-state index contributed by atoms with van der Waals surface area (Å²) < 4.78 is 5.70. The van der Waals surface area contributed by atoms with Gasteiger partial charge in [0.25, 0.3) is 0 Å². The first-order valence-electron chi connectivity index (χ1n) is 5.92. The first-order valence-corrected chi connectivity index (χ1v) is 5.92. The molecule has 0 spiro atoms. The lowest BCUT2D eigenvalue weighted by Crippen LogP contribution is -2.59. The first-order chi connectivity index (χ1) is 7.53. The van der Waals surface area contributed by atoms with Crippen LogP contribution in [-0.2, 0) is 4.74 Å². The largest absolute Gasteiger partial charge is 0.370 e. The third-order valence-corrected chi connectivity index (χ3v) is 2.96. The van der Waals surface area contributed by atoms with E-state index in [2.05, 4.69) is 5.32 Å². The van der Waals surface area contributed by atoms with Crippen molar-refractivity contribution in [1.29, 1.82) is 0 Å². The predicted molar refractivity (Wildman–Crippen MR) is 63.3 cm³/mol. The molecule has 5 heteroatoms. The van der Waals surface area contributed by atoms with Crippen LogP contribution < -0.4 is 11.1 Å². The van der Waals surface area contributed by atoms with E-state index >= 15 is 0 Å². The summed E-state index contributed by atoms with van der Waals surface area (Å²) >= 11 is 0. The van der Waals surface area contributed by atoms with Gasteiger partial charge in [-0.1, -0.05) is 6.92 Å². The highest BCUT2D eigenvalue weighted by Gasteiger charge is 2.35. The summed E-state index contributed by atoms with van der Waals surface area (Å²) in [6.45, 7) is 8.18. The molecule has 1 heterocycles. The van der Waals surface area contributed by atoms with Gasteiger partial charge < -0.3 is 20.7 Å². The van der Waals surface area contributed by atoms with Crippen molar-refractivity contribution in [2.75, 3.05) is 26.2 Å². The second kappa shape index (κ2) is 5.50. The highest BCUT2D eigenvalue weighted by Crippen LogP contribution is 2.20. The summed E-state index contributed by atoms with van der Waals surface area (Å²) in [5.41, 5.74) is 5.37. The molecular formula is C11H23N3O2. The van der Waals surface area contributed by atoms with Gasteiger partial charge in [-0.25, -0.2) is 4.79 Å². The molecule has 1 unspecified atom stereocenters. The molecule has 1 atom stereocenters. The molecule has 2 amide bonds. The van der Waals surface area contributed by atoms with Crippen LogP contribution in [0.5, 0.6) is 0 Å². The SMILES string of the molecule is CCC1(CN)CN(C(=O)NC(C)C)CCO1. The first kappa shape index (κ1) is 13.3. The molecule has 94 valence electrons. The topological polar surface area (TPSA) is 67.6 Å². The Kier molecular flexibility index (Phi) is 4.56. The zero-order valence-corrected chi connectivity index (χ0v) is 10.5. The summed E-state index contributed by atoms with van der Waals surface area (Å²) in [4.78, 5) is 13.6. The summed E-state index contributed by atoms with van der Waals surface area (Å²) in [5.74, 6) is 0. The van der Waals surface area contributed by atoms with Crippen molar-refractivity contribution in [2.45, 2.75) is 38.8 Å². The van der Waals surface area contributed by atoms with E-state index in [-0.39, 0.29) is 17.7 Å². The van der Waals surface area contributed by atoms with E-state index < -0.39 is 0 Å². The van der Waals surface area contributed by atoms with Crippen LogP contribution in [0.25, 0.3) is 0 Å². The van der Waals surface area contributed by atoms with Crippen molar-refractivity contribution in [3.8, 4) is 0 Å². The Labute approximate surface area is 97.3 Å². The summed E-state index contributed by atoms with van der Waals surface area (Å²) in [7, 11) is 0. The quantitative estimate of drug-likeness (QED) is 0.742. The predicted octanol–water partition coefficient (Wildman–Crippen LogP) is 0.544. The van der Waals surface area contributed by atoms with E-state index in [9.17, 15) is 4.79 Å². The normalized spacial score (nSPS) is 25.9. The summed E-state index contributed by atoms with van der Waals surface area (Å²) in [6, 6.07) is 0.133. The van der Waals surface area contributed by atoms with Gasteiger partial charge in [0.15, 0.2) is 0 Å². The lowest BCUT2D eigenvalue weighted by Gasteiger charge is -2.41. The molecule has 0 radical (unpaired) electrons. The Morgan fingerprint density at radius 1 is 1.62 bits per heavy atom. The van der Waals surface area contributed by atoms with Crippen LogP contribution in [0.2, 0.25) is 0 Å². The maximum atomic E-state index is 11.8. The van der Waals surface area contributed by atoms with Gasteiger partial charge in [0.1, 0.15) is 0 Å². The van der Waals surface area contributed by atoms with Crippen molar-refractivity contribution in [1.82, 2.24) is 10.2 Å². The van der Waals surface area contributed by atoms with Gasteiger partial charge in [-0.15, -0.1) is 0 Å². The second-order valence-electron chi connectivity index (χ2n) is 4.61. The standard InChI is InChI=1S/C11H23N3O2/c1-4-11(7-12)8-14(5-6-16-11)10(15)13-9(2)3/h9H,4-8,12H2,1-3H3,(H,13,15). The lowest BCUT2D eigenvalue weighted by molar-refractivity contribution is -0.0931. The molecule has 0 aromatic rings. The number of hydrogen-bond donors (Lipinski definition) is 2. The molecule has 1 aliphatic rings. The number of nitrogens with one attached hydrogen (secondary N) is 1. The van der Waals surface area contributed by atoms with Gasteiger partial charge in [-0.2, -0.15) is 0 Å². The van der Waals surface area contributed by atoms with E-state index in [1.807, 2.05) is 20.8 Å². The zero-order chi connectivity index (χ0) is 12.2. The average molecular weight is 229 g/mol. The summed E-state index contributed by atoms with van der Waals surface area (Å²) in [5, 5.41) is 2.89. The molecule has 0 bridgehead atoms. The number of carbonyl (C=O) groups is 1. The van der Waals surface area contributed by atoms with Gasteiger partial charge in [0.05, 0.1) is 18.8 Å². The van der Waals surface area contributed by atoms with Crippen molar-refractivity contribution >= 4 is 6.03 Å². The molecule has 16 heavy (non-hydrogen) atoms. The Morgan fingerprint density at radius 3 is 2.81 bits per heavy atom. The Hall–Kier alpha value is -0.810. The fourth-order valence-corrected chi connectivity index (χ4v) is 1.84. The Balaban J connectivity index is 2.59. The van der Waals surface area contributed by atoms with E-state index in [4.69, 9.17) is 10.5 Å². The number of urea groups is 1. The number of rotatable bonds is 3. The van der Waals surface area contributed by atoms with Crippen LogP contribution in [0, 0.1) is 0 Å². The molecule has 0 saturated carbocycles. The van der Waals surface area contributed by atoms with Gasteiger partial charge in [-0.3, -0.25) is 0 Å². The van der Waals surface area contributed by atoms with E-state index in [1.54, 1.807) is 4.90 Å². The summed E-state index contributed by atoms with van der Waals surface area (Å²) in [6.07, 6.45) is 0.828. The Morgan fingerprint density at radius 2 is 2.31 bits per heavy atom. The average Bonchev–Trinajstić information content (AvgIpc) is 2.28. The third kappa shape index (κ3) is 3.09. The number of nitrogens with zero attached hydrogens (tertiary/aromatic N) is 1. The number of nitrogens with two attached hydrogens (primary N) is 1. The fraction of sp³-hybridized carbons (Fsp3) is 0.909. The minimum Gasteiger partial charge on any atom is -0.370 e. The van der Waals surface area contributed by atoms with E-state index in [0.717, 1.165) is 6.42 Å². The van der Waals surface area contributed by atoms with Gasteiger partial charge in [0, 0.05) is 19.1 Å². The van der Waals surface area contributed by atoms with E-state index in [0.29, 0.717) is 26.2 Å². The van der Waals surface area contributed by atoms with Gasteiger partial charge in [0.2, 0.25) is 0 Å². The van der Waals surface area contributed by atoms with E-state index in [1.165, 1.54) is 0 Å². The molecular weight excluding hydrogens is 206 g/mol. The molecule has 3 N–H and O–H groups in total. The van der Waals surface area contributed by atoms with Crippen molar-refractivity contribution in [2.24, 2.45) is 5.73 Å². The minimum absolute atomic E-state index is 0.0235. The maximum Gasteiger partial charge on any atom is 0.317 e. The molecule has 0 aromatic heterocycles.